The molecular formula is C15H15NO8. The predicted molar refractivity (Wildman–Crippen MR) is 79.5 cm³/mol. The topological polar surface area (TPSA) is 149 Å². The number of aromatic amines is 1. The van der Waals surface area contributed by atoms with Crippen molar-refractivity contribution in [2.45, 2.75) is 30.7 Å². The third kappa shape index (κ3) is 2.85. The van der Waals surface area contributed by atoms with Gasteiger partial charge in [-0.3, -0.25) is 4.79 Å². The van der Waals surface area contributed by atoms with Gasteiger partial charge in [0, 0.05) is 11.5 Å². The summed E-state index contributed by atoms with van der Waals surface area (Å²) in [5, 5.41) is 38.9. The molecule has 1 aromatic heterocycles. The second-order valence-electron chi connectivity index (χ2n) is 5.40. The number of H-pyrrole nitrogens is 1. The lowest BCUT2D eigenvalue weighted by atomic mass is 9.99. The Morgan fingerprint density at radius 2 is 1.83 bits per heavy atom. The van der Waals surface area contributed by atoms with Crippen LogP contribution < -0.4 is 10.3 Å². The quantitative estimate of drug-likeness (QED) is 0.469. The standard InChI is InChI=1S/C15H15NO8/c17-9-5-8(6-3-1-2-4-7(6)16-9)23-15-12(20)10(18)11(19)13(24-15)14(21)22/h1-5,10-13,15,18-20H,(H,16,17)(H,21,22). The Bertz CT molecular complexity index is 818. The molecule has 3 rings (SSSR count). The van der Waals surface area contributed by atoms with Gasteiger partial charge in [-0.25, -0.2) is 4.79 Å². The van der Waals surface area contributed by atoms with Gasteiger partial charge in [0.05, 0.1) is 5.52 Å². The number of hydrogen-bond acceptors (Lipinski definition) is 7. The maximum atomic E-state index is 11.7. The Morgan fingerprint density at radius 1 is 1.12 bits per heavy atom. The molecule has 0 amide bonds. The first kappa shape index (κ1) is 16.4. The fourth-order valence-corrected chi connectivity index (χ4v) is 2.54. The monoisotopic (exact) mass is 337 g/mol. The Kier molecular flexibility index (Phi) is 4.24. The number of nitrogens with one attached hydrogen (secondary N) is 1. The van der Waals surface area contributed by atoms with Crippen molar-refractivity contribution >= 4 is 16.9 Å². The normalized spacial score (nSPS) is 30.2. The van der Waals surface area contributed by atoms with Crippen molar-refractivity contribution in [2.24, 2.45) is 0 Å². The van der Waals surface area contributed by atoms with Gasteiger partial charge in [-0.2, -0.15) is 0 Å². The second kappa shape index (κ2) is 6.21. The molecule has 5 unspecified atom stereocenters. The molecule has 9 heteroatoms. The van der Waals surface area contributed by atoms with E-state index in [4.69, 9.17) is 14.6 Å². The van der Waals surface area contributed by atoms with Crippen LogP contribution in [0.5, 0.6) is 5.75 Å². The first-order valence-corrected chi connectivity index (χ1v) is 7.09. The Hall–Kier alpha value is -2.46. The number of aliphatic hydroxyl groups is 3. The fraction of sp³-hybridized carbons (Fsp3) is 0.333. The van der Waals surface area contributed by atoms with Crippen LogP contribution in [-0.2, 0) is 9.53 Å². The largest absolute Gasteiger partial charge is 0.479 e. The molecule has 0 radical (unpaired) electrons. The predicted octanol–water partition coefficient (Wildman–Crippen LogP) is -1.20. The van der Waals surface area contributed by atoms with Gasteiger partial charge in [0.1, 0.15) is 24.1 Å². The summed E-state index contributed by atoms with van der Waals surface area (Å²) in [5.74, 6) is -1.47. The van der Waals surface area contributed by atoms with Gasteiger partial charge in [-0.1, -0.05) is 12.1 Å². The molecule has 0 saturated carbocycles. The highest BCUT2D eigenvalue weighted by molar-refractivity contribution is 5.84. The molecule has 0 aliphatic carbocycles. The van der Waals surface area contributed by atoms with Crippen LogP contribution in [0, 0.1) is 0 Å². The molecule has 0 spiro atoms. The number of hydrogen-bond donors (Lipinski definition) is 5. The zero-order valence-corrected chi connectivity index (χ0v) is 12.2. The zero-order valence-electron chi connectivity index (χ0n) is 12.2. The third-order valence-corrected chi connectivity index (χ3v) is 3.77. The Balaban J connectivity index is 1.95. The molecule has 1 fully saturated rings. The second-order valence-corrected chi connectivity index (χ2v) is 5.40. The minimum atomic E-state index is -1.81. The third-order valence-electron chi connectivity index (χ3n) is 3.77. The number of para-hydroxylation sites is 1. The lowest BCUT2D eigenvalue weighted by Crippen LogP contribution is -2.61. The van der Waals surface area contributed by atoms with Crippen molar-refractivity contribution in [2.75, 3.05) is 0 Å². The van der Waals surface area contributed by atoms with Gasteiger partial charge < -0.3 is 34.9 Å². The lowest BCUT2D eigenvalue weighted by molar-refractivity contribution is -0.270. The number of carboxylic acid groups (broad SMARTS) is 1. The number of aliphatic carboxylic acids is 1. The van der Waals surface area contributed by atoms with E-state index in [1.165, 1.54) is 0 Å². The van der Waals surface area contributed by atoms with Crippen LogP contribution in [-0.4, -0.2) is 62.1 Å². The van der Waals surface area contributed by atoms with E-state index in [1.54, 1.807) is 24.3 Å². The fourth-order valence-electron chi connectivity index (χ4n) is 2.54. The summed E-state index contributed by atoms with van der Waals surface area (Å²) in [6.07, 6.45) is -8.64. The molecule has 128 valence electrons. The van der Waals surface area contributed by atoms with E-state index >= 15 is 0 Å². The Labute approximate surface area is 134 Å². The van der Waals surface area contributed by atoms with Crippen LogP contribution in [0.3, 0.4) is 0 Å². The van der Waals surface area contributed by atoms with Gasteiger partial charge in [0.2, 0.25) is 6.29 Å². The Morgan fingerprint density at radius 3 is 2.54 bits per heavy atom. The molecule has 0 bridgehead atoms. The lowest BCUT2D eigenvalue weighted by Gasteiger charge is -2.38. The smallest absolute Gasteiger partial charge is 0.335 e. The van der Waals surface area contributed by atoms with Crippen LogP contribution in [0.2, 0.25) is 0 Å². The highest BCUT2D eigenvalue weighted by Crippen LogP contribution is 2.28. The first-order chi connectivity index (χ1) is 11.4. The van der Waals surface area contributed by atoms with Crippen molar-refractivity contribution < 1.29 is 34.7 Å². The summed E-state index contributed by atoms with van der Waals surface area (Å²) in [5.41, 5.74) is 0.00466. The molecule has 9 nitrogen and oxygen atoms in total. The van der Waals surface area contributed by atoms with Crippen molar-refractivity contribution in [3.8, 4) is 5.75 Å². The molecule has 1 aliphatic heterocycles. The number of rotatable bonds is 3. The number of pyridine rings is 1. The summed E-state index contributed by atoms with van der Waals surface area (Å²) in [6.45, 7) is 0. The molecular weight excluding hydrogens is 322 g/mol. The van der Waals surface area contributed by atoms with Crippen molar-refractivity contribution in [3.05, 3.63) is 40.7 Å². The summed E-state index contributed by atoms with van der Waals surface area (Å²) >= 11 is 0. The van der Waals surface area contributed by atoms with Crippen LogP contribution in [0.1, 0.15) is 0 Å². The van der Waals surface area contributed by atoms with E-state index in [0.717, 1.165) is 6.07 Å². The average molecular weight is 337 g/mol. The highest BCUT2D eigenvalue weighted by Gasteiger charge is 2.48. The number of fused-ring (bicyclic) bond motifs is 1. The van der Waals surface area contributed by atoms with E-state index in [0.29, 0.717) is 10.9 Å². The van der Waals surface area contributed by atoms with E-state index < -0.39 is 42.2 Å². The van der Waals surface area contributed by atoms with E-state index in [-0.39, 0.29) is 5.75 Å². The minimum absolute atomic E-state index is 0.0473. The van der Waals surface area contributed by atoms with Gasteiger partial charge in [-0.15, -0.1) is 0 Å². The van der Waals surface area contributed by atoms with Crippen molar-refractivity contribution in [3.63, 3.8) is 0 Å². The molecule has 5 N–H and O–H groups in total. The molecule has 1 saturated heterocycles. The van der Waals surface area contributed by atoms with Crippen LogP contribution in [0.25, 0.3) is 10.9 Å². The summed E-state index contributed by atoms with van der Waals surface area (Å²) in [6, 6.07) is 7.81. The number of carboxylic acids is 1. The van der Waals surface area contributed by atoms with Crippen LogP contribution in [0.15, 0.2) is 35.1 Å². The molecule has 2 aromatic rings. The van der Waals surface area contributed by atoms with E-state index in [2.05, 4.69) is 4.98 Å². The van der Waals surface area contributed by atoms with Gasteiger partial charge in [0.25, 0.3) is 5.56 Å². The minimum Gasteiger partial charge on any atom is -0.479 e. The van der Waals surface area contributed by atoms with Crippen molar-refractivity contribution in [1.29, 1.82) is 0 Å². The van der Waals surface area contributed by atoms with Crippen LogP contribution >= 0.6 is 0 Å². The molecule has 1 aliphatic rings. The molecule has 5 atom stereocenters. The van der Waals surface area contributed by atoms with Crippen LogP contribution in [0.4, 0.5) is 0 Å². The number of benzene rings is 1. The summed E-state index contributed by atoms with van der Waals surface area (Å²) < 4.78 is 10.5. The molecule has 2 heterocycles. The number of carbonyl (C=O) groups is 1. The molecule has 1 aromatic carbocycles. The number of aromatic nitrogens is 1. The number of aliphatic hydroxyl groups excluding tert-OH is 3. The van der Waals surface area contributed by atoms with Gasteiger partial charge in [-0.05, 0) is 12.1 Å². The maximum absolute atomic E-state index is 11.7. The van der Waals surface area contributed by atoms with E-state index in [1.807, 2.05) is 0 Å². The SMILES string of the molecule is O=C(O)C1OC(Oc2cc(=O)[nH]c3ccccc23)C(O)C(O)C1O. The summed E-state index contributed by atoms with van der Waals surface area (Å²) in [4.78, 5) is 25.4. The average Bonchev–Trinajstić information content (AvgIpc) is 2.54. The zero-order chi connectivity index (χ0) is 17.4. The summed E-state index contributed by atoms with van der Waals surface area (Å²) in [7, 11) is 0. The highest BCUT2D eigenvalue weighted by atomic mass is 16.7. The van der Waals surface area contributed by atoms with Gasteiger partial charge in [0.15, 0.2) is 6.10 Å². The molecule has 24 heavy (non-hydrogen) atoms. The number of ether oxygens (including phenoxy) is 2. The maximum Gasteiger partial charge on any atom is 0.335 e. The first-order valence-electron chi connectivity index (χ1n) is 7.09. The van der Waals surface area contributed by atoms with Gasteiger partial charge >= 0.3 is 5.97 Å². The van der Waals surface area contributed by atoms with E-state index in [9.17, 15) is 24.9 Å². The van der Waals surface area contributed by atoms with Crippen molar-refractivity contribution in [1.82, 2.24) is 4.98 Å².